The summed E-state index contributed by atoms with van der Waals surface area (Å²) >= 11 is 0. The predicted octanol–water partition coefficient (Wildman–Crippen LogP) is 9.67. The Labute approximate surface area is 298 Å². The molecule has 0 fully saturated rings. The minimum atomic E-state index is -4.63. The average molecular weight is 721 g/mol. The minimum Gasteiger partial charge on any atom is -0.457 e. The van der Waals surface area contributed by atoms with Gasteiger partial charge >= 0.3 is 19.8 Å². The van der Waals surface area contributed by atoms with Crippen molar-refractivity contribution in [1.29, 1.82) is 0 Å². The van der Waals surface area contributed by atoms with E-state index in [1.165, 1.54) is 83.5 Å². The predicted molar refractivity (Wildman–Crippen MR) is 196 cm³/mol. The zero-order chi connectivity index (χ0) is 36.3. The molecule has 0 radical (unpaired) electrons. The van der Waals surface area contributed by atoms with E-state index in [1.807, 2.05) is 0 Å². The van der Waals surface area contributed by atoms with E-state index in [0.29, 0.717) is 12.8 Å². The molecule has 49 heavy (non-hydrogen) atoms. The maximum atomic E-state index is 12.3. The number of phosphoric acid groups is 1. The van der Waals surface area contributed by atoms with Crippen LogP contribution >= 0.6 is 7.82 Å². The van der Waals surface area contributed by atoms with Crippen molar-refractivity contribution in [2.75, 3.05) is 26.4 Å². The van der Waals surface area contributed by atoms with Gasteiger partial charge < -0.3 is 24.6 Å². The number of aliphatic hydroxyl groups is 2. The Morgan fingerprint density at radius 1 is 0.531 bits per heavy atom. The van der Waals surface area contributed by atoms with E-state index in [0.717, 1.165) is 57.8 Å². The monoisotopic (exact) mass is 720 g/mol. The summed E-state index contributed by atoms with van der Waals surface area (Å²) < 4.78 is 32.4. The average Bonchev–Trinajstić information content (AvgIpc) is 3.09. The number of unbranched alkanes of at least 4 members (excludes halogenated alkanes) is 21. The summed E-state index contributed by atoms with van der Waals surface area (Å²) in [7, 11) is -4.63. The number of phosphoric ester groups is 1. The summed E-state index contributed by atoms with van der Waals surface area (Å²) in [5, 5.41) is 19.1. The van der Waals surface area contributed by atoms with Gasteiger partial charge in [0, 0.05) is 12.8 Å². The lowest BCUT2D eigenvalue weighted by molar-refractivity contribution is -0.153. The van der Waals surface area contributed by atoms with E-state index in [4.69, 9.17) is 18.5 Å². The fraction of sp³-hybridized carbons (Fsp3) is 0.895. The van der Waals surface area contributed by atoms with Crippen LogP contribution in [0.1, 0.15) is 181 Å². The van der Waals surface area contributed by atoms with Crippen LogP contribution in [0.4, 0.5) is 0 Å². The van der Waals surface area contributed by atoms with Gasteiger partial charge in [-0.15, -0.1) is 0 Å². The van der Waals surface area contributed by atoms with Crippen molar-refractivity contribution in [3.63, 3.8) is 0 Å². The number of rotatable bonds is 37. The molecule has 0 aromatic rings. The minimum absolute atomic E-state index is 0.185. The summed E-state index contributed by atoms with van der Waals surface area (Å²) in [6.45, 7) is 2.17. The molecular weight excluding hydrogens is 647 g/mol. The van der Waals surface area contributed by atoms with E-state index in [-0.39, 0.29) is 12.8 Å². The number of carbonyl (C=O) groups is 2. The Hall–Kier alpha value is -1.29. The molecule has 0 rings (SSSR count). The van der Waals surface area contributed by atoms with Crippen molar-refractivity contribution in [1.82, 2.24) is 0 Å². The van der Waals surface area contributed by atoms with Crippen LogP contribution in [0.2, 0.25) is 0 Å². The molecule has 0 spiro atoms. The Bertz CT molecular complexity index is 837. The van der Waals surface area contributed by atoms with Crippen LogP contribution in [-0.4, -0.2) is 65.7 Å². The smallest absolute Gasteiger partial charge is 0.457 e. The Morgan fingerprint density at radius 2 is 0.837 bits per heavy atom. The van der Waals surface area contributed by atoms with Crippen LogP contribution in [-0.2, 0) is 32.7 Å². The molecule has 0 aliphatic heterocycles. The first-order valence-corrected chi connectivity index (χ1v) is 21.1. The highest BCUT2D eigenvalue weighted by molar-refractivity contribution is 7.47. The summed E-state index contributed by atoms with van der Waals surface area (Å²) in [4.78, 5) is 34.3. The molecular formula is C38H73O10P. The summed E-state index contributed by atoms with van der Waals surface area (Å²) in [5.74, 6) is -1.02. The number of hydrogen-bond donors (Lipinski definition) is 3. The second kappa shape index (κ2) is 35.1. The van der Waals surface area contributed by atoms with Gasteiger partial charge in [0.25, 0.3) is 0 Å². The first kappa shape index (κ1) is 47.7. The van der Waals surface area contributed by atoms with Crippen LogP contribution < -0.4 is 0 Å². The maximum Gasteiger partial charge on any atom is 0.472 e. The maximum absolute atomic E-state index is 12.3. The van der Waals surface area contributed by atoms with Gasteiger partial charge in [-0.25, -0.2) is 4.57 Å². The Morgan fingerprint density at radius 3 is 1.20 bits per heavy atom. The van der Waals surface area contributed by atoms with Gasteiger partial charge in [0.05, 0.1) is 26.4 Å². The van der Waals surface area contributed by atoms with Gasteiger partial charge in [-0.1, -0.05) is 142 Å². The highest BCUT2D eigenvalue weighted by Crippen LogP contribution is 2.43. The lowest BCUT2D eigenvalue weighted by Gasteiger charge is -2.20. The molecule has 10 nitrogen and oxygen atoms in total. The summed E-state index contributed by atoms with van der Waals surface area (Å²) in [6, 6.07) is 0. The van der Waals surface area contributed by atoms with Crippen molar-refractivity contribution in [3.05, 3.63) is 12.2 Å². The van der Waals surface area contributed by atoms with Crippen molar-refractivity contribution in [2.45, 2.75) is 193 Å². The molecule has 3 unspecified atom stereocenters. The van der Waals surface area contributed by atoms with Gasteiger partial charge in [0.1, 0.15) is 12.2 Å². The molecule has 0 bridgehead atoms. The van der Waals surface area contributed by atoms with Crippen molar-refractivity contribution in [3.8, 4) is 0 Å². The molecule has 0 aliphatic carbocycles. The molecule has 0 aliphatic rings. The van der Waals surface area contributed by atoms with Crippen LogP contribution in [0.25, 0.3) is 0 Å². The van der Waals surface area contributed by atoms with Gasteiger partial charge in [-0.2, -0.15) is 0 Å². The van der Waals surface area contributed by atoms with E-state index in [9.17, 15) is 29.3 Å². The summed E-state index contributed by atoms with van der Waals surface area (Å²) in [5.41, 5.74) is 0. The molecule has 290 valence electrons. The van der Waals surface area contributed by atoms with Gasteiger partial charge in [0.15, 0.2) is 0 Å². The molecule has 0 aromatic carbocycles. The molecule has 0 amide bonds. The third-order valence-electron chi connectivity index (χ3n) is 8.48. The second-order valence-corrected chi connectivity index (χ2v) is 14.7. The molecule has 3 N–H and O–H groups in total. The van der Waals surface area contributed by atoms with Gasteiger partial charge in [0.2, 0.25) is 0 Å². The third kappa shape index (κ3) is 33.6. The van der Waals surface area contributed by atoms with Crippen LogP contribution in [0.15, 0.2) is 12.2 Å². The van der Waals surface area contributed by atoms with Crippen molar-refractivity contribution < 1.29 is 47.8 Å². The van der Waals surface area contributed by atoms with Gasteiger partial charge in [-0.05, 0) is 38.5 Å². The molecule has 0 saturated heterocycles. The number of carbonyl (C=O) groups excluding carboxylic acids is 2. The third-order valence-corrected chi connectivity index (χ3v) is 9.43. The van der Waals surface area contributed by atoms with Gasteiger partial charge in [-0.3, -0.25) is 18.6 Å². The lowest BCUT2D eigenvalue weighted by atomic mass is 10.0. The van der Waals surface area contributed by atoms with Crippen molar-refractivity contribution in [2.24, 2.45) is 0 Å². The van der Waals surface area contributed by atoms with E-state index < -0.39 is 58.4 Å². The number of hydrogen-bond acceptors (Lipinski definition) is 9. The normalized spacial score (nSPS) is 14.1. The topological polar surface area (TPSA) is 149 Å². The molecule has 11 heteroatoms. The lowest BCUT2D eigenvalue weighted by Crippen LogP contribution is -2.28. The molecule has 0 saturated carbocycles. The fourth-order valence-corrected chi connectivity index (χ4v) is 6.19. The van der Waals surface area contributed by atoms with E-state index >= 15 is 0 Å². The Kier molecular flexibility index (Phi) is 34.2. The van der Waals surface area contributed by atoms with Crippen molar-refractivity contribution >= 4 is 19.8 Å². The number of ether oxygens (including phenoxy) is 2. The Balaban J connectivity index is 3.96. The largest absolute Gasteiger partial charge is 0.472 e. The van der Waals surface area contributed by atoms with E-state index in [2.05, 4.69) is 26.0 Å². The highest BCUT2D eigenvalue weighted by atomic mass is 31.2. The molecule has 0 aromatic heterocycles. The zero-order valence-corrected chi connectivity index (χ0v) is 32.1. The molecule has 3 atom stereocenters. The van der Waals surface area contributed by atoms with E-state index in [1.54, 1.807) is 0 Å². The van der Waals surface area contributed by atoms with Crippen LogP contribution in [0, 0.1) is 0 Å². The standard InChI is InChI=1S/C38H73O10P/c1-3-5-7-9-11-13-15-17-18-20-22-24-26-28-30-38(42)48-36(32-40)34-46-49(43,44)45-33-35(31-39)47-37(41)29-27-25-23-21-19-16-14-12-10-8-6-4-2/h12,14,35-36,39-40H,3-11,13,15-34H2,1-2H3,(H,43,44)/b14-12-. The van der Waals surface area contributed by atoms with Crippen LogP contribution in [0.3, 0.4) is 0 Å². The van der Waals surface area contributed by atoms with Crippen LogP contribution in [0.5, 0.6) is 0 Å². The summed E-state index contributed by atoms with van der Waals surface area (Å²) in [6.07, 6.45) is 30.4. The quantitative estimate of drug-likeness (QED) is 0.0245. The second-order valence-electron chi connectivity index (χ2n) is 13.3. The highest BCUT2D eigenvalue weighted by Gasteiger charge is 2.27. The number of aliphatic hydroxyl groups excluding tert-OH is 2. The first-order valence-electron chi connectivity index (χ1n) is 19.6. The fourth-order valence-electron chi connectivity index (χ4n) is 5.40. The molecule has 0 heterocycles. The number of esters is 2. The SMILES string of the molecule is CCCCC/C=C\CCCCCCCC(=O)OC(CO)COP(=O)(O)OCC(CO)OC(=O)CCCCCCCCCCCCCCCC. The number of allylic oxidation sites excluding steroid dienone is 2. The zero-order valence-electron chi connectivity index (χ0n) is 31.2. The first-order chi connectivity index (χ1) is 23.8.